The summed E-state index contributed by atoms with van der Waals surface area (Å²) in [6.45, 7) is 2.35. The maximum atomic E-state index is 12.3. The Morgan fingerprint density at radius 1 is 1.15 bits per heavy atom. The Morgan fingerprint density at radius 2 is 1.93 bits per heavy atom. The van der Waals surface area contributed by atoms with Crippen LogP contribution in [0.2, 0.25) is 0 Å². The number of ether oxygens (including phenoxy) is 1. The molecule has 5 nitrogen and oxygen atoms in total. The third-order valence-electron chi connectivity index (χ3n) is 4.83. The lowest BCUT2D eigenvalue weighted by molar-refractivity contribution is -0.130. The number of aliphatic imine (C=N–C) groups is 1. The smallest absolute Gasteiger partial charge is 0.240 e. The summed E-state index contributed by atoms with van der Waals surface area (Å²) in [5.74, 6) is 0.237. The predicted molar refractivity (Wildman–Crippen MR) is 104 cm³/mol. The van der Waals surface area contributed by atoms with Gasteiger partial charge in [0.1, 0.15) is 5.52 Å². The Bertz CT molecular complexity index is 962. The standard InChI is InChI=1S/C22H20N2O3/c1-21(12-7-14-23-21)13-15-26-22(16-25,17-8-3-2-4-9-17)20-24-18-10-5-6-11-19(18)27-20/h2-12,14,16H,13,15H2,1H3. The van der Waals surface area contributed by atoms with Crippen LogP contribution in [0.15, 0.2) is 76.2 Å². The van der Waals surface area contributed by atoms with Crippen molar-refractivity contribution in [2.45, 2.75) is 24.5 Å². The molecule has 0 N–H and O–H groups in total. The molecule has 2 unspecified atom stereocenters. The lowest BCUT2D eigenvalue weighted by Crippen LogP contribution is -2.35. The molecule has 1 aliphatic heterocycles. The summed E-state index contributed by atoms with van der Waals surface area (Å²) in [6.07, 6.45) is 7.14. The molecule has 0 amide bonds. The van der Waals surface area contributed by atoms with E-state index in [1.807, 2.05) is 73.7 Å². The SMILES string of the molecule is CC1(CCOC(C=O)(c2ccccc2)c2nc3ccccc3o2)C=CC=N1. The number of aldehydes is 1. The monoisotopic (exact) mass is 360 g/mol. The third-order valence-corrected chi connectivity index (χ3v) is 4.83. The van der Waals surface area contributed by atoms with Gasteiger partial charge in [-0.3, -0.25) is 9.79 Å². The van der Waals surface area contributed by atoms with E-state index in [2.05, 4.69) is 9.98 Å². The minimum Gasteiger partial charge on any atom is -0.437 e. The van der Waals surface area contributed by atoms with Gasteiger partial charge in [-0.05, 0) is 31.6 Å². The van der Waals surface area contributed by atoms with Gasteiger partial charge in [0.15, 0.2) is 11.9 Å². The van der Waals surface area contributed by atoms with Gasteiger partial charge in [0.05, 0.1) is 12.1 Å². The van der Waals surface area contributed by atoms with Crippen LogP contribution in [0.5, 0.6) is 0 Å². The molecule has 2 atom stereocenters. The Balaban J connectivity index is 1.71. The average molecular weight is 360 g/mol. The molecule has 2 aromatic carbocycles. The molecule has 2 heterocycles. The molecule has 0 bridgehead atoms. The molecule has 0 saturated heterocycles. The topological polar surface area (TPSA) is 64.7 Å². The first kappa shape index (κ1) is 17.4. The van der Waals surface area contributed by atoms with Gasteiger partial charge in [-0.2, -0.15) is 0 Å². The lowest BCUT2D eigenvalue weighted by Gasteiger charge is -2.27. The number of fused-ring (bicyclic) bond motifs is 1. The highest BCUT2D eigenvalue weighted by Crippen LogP contribution is 2.34. The summed E-state index contributed by atoms with van der Waals surface area (Å²) in [6, 6.07) is 16.7. The highest BCUT2D eigenvalue weighted by atomic mass is 16.5. The number of carbonyl (C=O) groups is 1. The summed E-state index contributed by atoms with van der Waals surface area (Å²) < 4.78 is 12.1. The number of carbonyl (C=O) groups excluding carboxylic acids is 1. The number of hydrogen-bond acceptors (Lipinski definition) is 5. The molecule has 1 aliphatic rings. The molecule has 0 aliphatic carbocycles. The zero-order valence-corrected chi connectivity index (χ0v) is 15.0. The van der Waals surface area contributed by atoms with Crippen molar-refractivity contribution in [3.8, 4) is 0 Å². The van der Waals surface area contributed by atoms with Gasteiger partial charge >= 0.3 is 0 Å². The van der Waals surface area contributed by atoms with E-state index in [-0.39, 0.29) is 11.4 Å². The summed E-state index contributed by atoms with van der Waals surface area (Å²) >= 11 is 0. The van der Waals surface area contributed by atoms with Gasteiger partial charge < -0.3 is 9.15 Å². The highest BCUT2D eigenvalue weighted by molar-refractivity contribution is 5.76. The van der Waals surface area contributed by atoms with E-state index in [0.29, 0.717) is 29.7 Å². The van der Waals surface area contributed by atoms with E-state index in [9.17, 15) is 4.79 Å². The van der Waals surface area contributed by atoms with Gasteiger partial charge in [0.2, 0.25) is 11.5 Å². The van der Waals surface area contributed by atoms with Gasteiger partial charge in [0.25, 0.3) is 0 Å². The van der Waals surface area contributed by atoms with E-state index >= 15 is 0 Å². The molecule has 5 heteroatoms. The summed E-state index contributed by atoms with van der Waals surface area (Å²) in [5.41, 5.74) is 0.277. The van der Waals surface area contributed by atoms with Crippen LogP contribution in [-0.4, -0.2) is 29.6 Å². The van der Waals surface area contributed by atoms with Gasteiger partial charge in [-0.15, -0.1) is 0 Å². The highest BCUT2D eigenvalue weighted by Gasteiger charge is 2.41. The second-order valence-corrected chi connectivity index (χ2v) is 6.80. The molecule has 0 spiro atoms. The van der Waals surface area contributed by atoms with Gasteiger partial charge in [-0.25, -0.2) is 4.98 Å². The van der Waals surface area contributed by atoms with Crippen LogP contribution in [0.1, 0.15) is 24.8 Å². The number of aromatic nitrogens is 1. The van der Waals surface area contributed by atoms with E-state index in [0.717, 1.165) is 6.29 Å². The zero-order valence-electron chi connectivity index (χ0n) is 15.0. The number of allylic oxidation sites excluding steroid dienone is 1. The normalized spacial score (nSPS) is 20.8. The molecule has 27 heavy (non-hydrogen) atoms. The van der Waals surface area contributed by atoms with E-state index in [1.165, 1.54) is 0 Å². The van der Waals surface area contributed by atoms with Gasteiger partial charge in [0, 0.05) is 11.8 Å². The second kappa shape index (κ2) is 6.93. The van der Waals surface area contributed by atoms with Crippen LogP contribution in [0.3, 0.4) is 0 Å². The predicted octanol–water partition coefficient (Wildman–Crippen LogP) is 4.08. The molecule has 0 saturated carbocycles. The number of oxazole rings is 1. The Kier molecular flexibility index (Phi) is 4.46. The van der Waals surface area contributed by atoms with Crippen molar-refractivity contribution in [3.05, 3.63) is 78.2 Å². The summed E-state index contributed by atoms with van der Waals surface area (Å²) in [7, 11) is 0. The molecule has 0 radical (unpaired) electrons. The van der Waals surface area contributed by atoms with E-state index < -0.39 is 5.60 Å². The minimum atomic E-state index is -1.40. The minimum absolute atomic E-state index is 0.237. The molecular formula is C22H20N2O3. The molecular weight excluding hydrogens is 340 g/mol. The van der Waals surface area contributed by atoms with E-state index in [1.54, 1.807) is 6.21 Å². The molecule has 4 rings (SSSR count). The number of para-hydroxylation sites is 2. The molecule has 136 valence electrons. The van der Waals surface area contributed by atoms with Gasteiger partial charge in [-0.1, -0.05) is 48.5 Å². The van der Waals surface area contributed by atoms with Crippen molar-refractivity contribution in [1.82, 2.24) is 4.98 Å². The van der Waals surface area contributed by atoms with Crippen molar-refractivity contribution in [2.24, 2.45) is 4.99 Å². The molecule has 0 fully saturated rings. The Morgan fingerprint density at radius 3 is 2.63 bits per heavy atom. The number of hydrogen-bond donors (Lipinski definition) is 0. The van der Waals surface area contributed by atoms with Crippen molar-refractivity contribution < 1.29 is 13.9 Å². The summed E-state index contributed by atoms with van der Waals surface area (Å²) in [4.78, 5) is 21.3. The Labute approximate surface area is 157 Å². The first-order valence-electron chi connectivity index (χ1n) is 8.90. The fourth-order valence-electron chi connectivity index (χ4n) is 3.21. The van der Waals surface area contributed by atoms with Crippen molar-refractivity contribution >= 4 is 23.6 Å². The zero-order chi connectivity index (χ0) is 18.7. The second-order valence-electron chi connectivity index (χ2n) is 6.80. The fourth-order valence-corrected chi connectivity index (χ4v) is 3.21. The van der Waals surface area contributed by atoms with Crippen LogP contribution in [0, 0.1) is 0 Å². The van der Waals surface area contributed by atoms with Crippen LogP contribution < -0.4 is 0 Å². The number of rotatable bonds is 7. The average Bonchev–Trinajstić information content (AvgIpc) is 3.33. The molecule has 1 aromatic heterocycles. The number of nitrogens with zero attached hydrogens (tertiary/aromatic N) is 2. The quantitative estimate of drug-likeness (QED) is 0.596. The van der Waals surface area contributed by atoms with Crippen molar-refractivity contribution in [3.63, 3.8) is 0 Å². The third kappa shape index (κ3) is 3.22. The van der Waals surface area contributed by atoms with Crippen LogP contribution >= 0.6 is 0 Å². The number of benzene rings is 2. The first-order chi connectivity index (χ1) is 13.2. The lowest BCUT2D eigenvalue weighted by atomic mass is 9.94. The van der Waals surface area contributed by atoms with E-state index in [4.69, 9.17) is 9.15 Å². The fraction of sp³-hybridized carbons (Fsp3) is 0.227. The maximum Gasteiger partial charge on any atom is 0.240 e. The largest absolute Gasteiger partial charge is 0.437 e. The van der Waals surface area contributed by atoms with Crippen molar-refractivity contribution in [1.29, 1.82) is 0 Å². The maximum absolute atomic E-state index is 12.3. The van der Waals surface area contributed by atoms with Crippen LogP contribution in [-0.2, 0) is 15.1 Å². The van der Waals surface area contributed by atoms with Crippen LogP contribution in [0.4, 0.5) is 0 Å². The van der Waals surface area contributed by atoms with Crippen molar-refractivity contribution in [2.75, 3.05) is 6.61 Å². The van der Waals surface area contributed by atoms with Crippen LogP contribution in [0.25, 0.3) is 11.1 Å². The Hall–Kier alpha value is -3.05. The molecule has 3 aromatic rings. The first-order valence-corrected chi connectivity index (χ1v) is 8.90. The summed E-state index contributed by atoms with van der Waals surface area (Å²) in [5, 5.41) is 0.